The monoisotopic (exact) mass is 347 g/mol. The van der Waals surface area contributed by atoms with E-state index < -0.39 is 0 Å². The first kappa shape index (κ1) is 17.5. The van der Waals surface area contributed by atoms with Gasteiger partial charge in [0.1, 0.15) is 5.75 Å². The predicted octanol–water partition coefficient (Wildman–Crippen LogP) is 4.55. The Balaban J connectivity index is 1.58. The molecule has 3 rings (SSSR count). The number of anilines is 1. The molecule has 0 radical (unpaired) electrons. The van der Waals surface area contributed by atoms with Crippen LogP contribution in [0.4, 0.5) is 10.5 Å². The van der Waals surface area contributed by atoms with Gasteiger partial charge in [0.25, 0.3) is 0 Å². The number of para-hydroxylation sites is 2. The lowest BCUT2D eigenvalue weighted by Gasteiger charge is -2.13. The quantitative estimate of drug-likeness (QED) is 0.688. The molecule has 0 unspecified atom stereocenters. The molecular weight excluding hydrogens is 326 g/mol. The van der Waals surface area contributed by atoms with Crippen molar-refractivity contribution in [3.8, 4) is 11.5 Å². The first-order chi connectivity index (χ1) is 12.7. The number of hydrogen-bond donors (Lipinski definition) is 2. The molecule has 0 saturated carbocycles. The van der Waals surface area contributed by atoms with E-state index in [0.717, 1.165) is 17.0 Å². The third-order valence-electron chi connectivity index (χ3n) is 3.75. The number of urea groups is 1. The van der Waals surface area contributed by atoms with E-state index in [2.05, 4.69) is 15.6 Å². The molecule has 3 aromatic rings. The molecule has 0 aliphatic heterocycles. The van der Waals surface area contributed by atoms with Crippen LogP contribution in [-0.4, -0.2) is 17.6 Å². The van der Waals surface area contributed by atoms with Crippen molar-refractivity contribution in [1.82, 2.24) is 10.3 Å². The summed E-state index contributed by atoms with van der Waals surface area (Å²) in [6.07, 6.45) is 2.42. The van der Waals surface area contributed by atoms with Crippen LogP contribution in [0.2, 0.25) is 0 Å². The molecule has 0 bridgehead atoms. The van der Waals surface area contributed by atoms with E-state index >= 15 is 0 Å². The van der Waals surface area contributed by atoms with Crippen molar-refractivity contribution in [1.29, 1.82) is 0 Å². The Labute approximate surface area is 153 Å². The number of ether oxygens (including phenoxy) is 1. The molecule has 0 spiro atoms. The minimum Gasteiger partial charge on any atom is -0.455 e. The molecule has 0 atom stereocenters. The summed E-state index contributed by atoms with van der Waals surface area (Å²) in [5, 5.41) is 5.67. The number of pyridine rings is 1. The number of rotatable bonds is 6. The number of aryl methyl sites for hydroxylation is 1. The van der Waals surface area contributed by atoms with Crippen LogP contribution in [0.15, 0.2) is 72.9 Å². The number of carbonyl (C=O) groups excluding carboxylic acids is 1. The first-order valence-electron chi connectivity index (χ1n) is 8.49. The highest BCUT2D eigenvalue weighted by Gasteiger charge is 2.08. The van der Waals surface area contributed by atoms with E-state index in [1.165, 1.54) is 0 Å². The molecule has 132 valence electrons. The molecule has 2 aromatic carbocycles. The second-order valence-corrected chi connectivity index (χ2v) is 5.87. The van der Waals surface area contributed by atoms with Crippen molar-refractivity contribution in [2.24, 2.45) is 0 Å². The highest BCUT2D eigenvalue weighted by molar-refractivity contribution is 5.90. The fraction of sp³-hybridized carbons (Fsp3) is 0.143. The Bertz CT molecular complexity index is 866. The molecule has 1 heterocycles. The van der Waals surface area contributed by atoms with Gasteiger partial charge in [0.2, 0.25) is 0 Å². The van der Waals surface area contributed by atoms with Crippen LogP contribution in [0.25, 0.3) is 0 Å². The summed E-state index contributed by atoms with van der Waals surface area (Å²) in [5.41, 5.74) is 2.67. The maximum absolute atomic E-state index is 12.2. The number of nitrogens with zero attached hydrogens (tertiary/aromatic N) is 1. The average molecular weight is 347 g/mol. The summed E-state index contributed by atoms with van der Waals surface area (Å²) in [6.45, 7) is 2.51. The van der Waals surface area contributed by atoms with E-state index in [1.807, 2.05) is 73.7 Å². The summed E-state index contributed by atoms with van der Waals surface area (Å²) in [4.78, 5) is 16.4. The van der Waals surface area contributed by atoms with Crippen molar-refractivity contribution >= 4 is 11.7 Å². The van der Waals surface area contributed by atoms with Crippen LogP contribution in [-0.2, 0) is 6.42 Å². The van der Waals surface area contributed by atoms with Gasteiger partial charge in [-0.25, -0.2) is 4.79 Å². The van der Waals surface area contributed by atoms with Crippen LogP contribution in [0.1, 0.15) is 11.3 Å². The predicted molar refractivity (Wildman–Crippen MR) is 103 cm³/mol. The average Bonchev–Trinajstić information content (AvgIpc) is 2.64. The maximum atomic E-state index is 12.2. The molecular formula is C21H21N3O2. The lowest BCUT2D eigenvalue weighted by Crippen LogP contribution is -2.30. The zero-order valence-corrected chi connectivity index (χ0v) is 14.6. The standard InChI is InChI=1S/C21H21N3O2/c1-16-7-6-9-18(15-16)26-20-11-3-2-10-19(20)24-21(25)23-14-12-17-8-4-5-13-22-17/h2-11,13,15H,12,14H2,1H3,(H2,23,24,25). The molecule has 2 N–H and O–H groups in total. The van der Waals surface area contributed by atoms with Gasteiger partial charge in [-0.05, 0) is 48.9 Å². The van der Waals surface area contributed by atoms with Crippen molar-refractivity contribution in [2.75, 3.05) is 11.9 Å². The highest BCUT2D eigenvalue weighted by atomic mass is 16.5. The third-order valence-corrected chi connectivity index (χ3v) is 3.75. The zero-order valence-electron chi connectivity index (χ0n) is 14.6. The minimum absolute atomic E-state index is 0.277. The lowest BCUT2D eigenvalue weighted by molar-refractivity contribution is 0.252. The van der Waals surface area contributed by atoms with Gasteiger partial charge in [0.15, 0.2) is 5.75 Å². The summed E-state index contributed by atoms with van der Waals surface area (Å²) < 4.78 is 5.91. The van der Waals surface area contributed by atoms with Crippen LogP contribution < -0.4 is 15.4 Å². The number of hydrogen-bond acceptors (Lipinski definition) is 3. The van der Waals surface area contributed by atoms with Gasteiger partial charge in [0.05, 0.1) is 5.69 Å². The second-order valence-electron chi connectivity index (χ2n) is 5.87. The fourth-order valence-electron chi connectivity index (χ4n) is 2.48. The summed E-state index contributed by atoms with van der Waals surface area (Å²) in [5.74, 6) is 1.33. The Morgan fingerprint density at radius 2 is 1.88 bits per heavy atom. The van der Waals surface area contributed by atoms with E-state index in [-0.39, 0.29) is 6.03 Å². The molecule has 2 amide bonds. The topological polar surface area (TPSA) is 63.2 Å². The largest absolute Gasteiger partial charge is 0.455 e. The fourth-order valence-corrected chi connectivity index (χ4v) is 2.48. The molecule has 0 fully saturated rings. The molecule has 1 aromatic heterocycles. The Morgan fingerprint density at radius 3 is 2.69 bits per heavy atom. The zero-order chi connectivity index (χ0) is 18.2. The van der Waals surface area contributed by atoms with Crippen molar-refractivity contribution < 1.29 is 9.53 Å². The molecule has 5 nitrogen and oxygen atoms in total. The molecule has 0 aliphatic carbocycles. The normalized spacial score (nSPS) is 10.2. The highest BCUT2D eigenvalue weighted by Crippen LogP contribution is 2.29. The van der Waals surface area contributed by atoms with Gasteiger partial charge >= 0.3 is 6.03 Å². The number of nitrogens with one attached hydrogen (secondary N) is 2. The van der Waals surface area contributed by atoms with Crippen LogP contribution in [0.5, 0.6) is 11.5 Å². The summed E-state index contributed by atoms with van der Waals surface area (Å²) in [6, 6.07) is 20.6. The van der Waals surface area contributed by atoms with E-state index in [4.69, 9.17) is 4.74 Å². The van der Waals surface area contributed by atoms with Crippen LogP contribution >= 0.6 is 0 Å². The van der Waals surface area contributed by atoms with Gasteiger partial charge in [-0.2, -0.15) is 0 Å². The van der Waals surface area contributed by atoms with Crippen molar-refractivity contribution in [3.63, 3.8) is 0 Å². The second kappa shape index (κ2) is 8.67. The van der Waals surface area contributed by atoms with Crippen LogP contribution in [0, 0.1) is 6.92 Å². The molecule has 0 aliphatic rings. The van der Waals surface area contributed by atoms with Gasteiger partial charge in [0, 0.05) is 24.9 Å². The minimum atomic E-state index is -0.277. The Kier molecular flexibility index (Phi) is 5.83. The third kappa shape index (κ3) is 5.08. The van der Waals surface area contributed by atoms with Crippen molar-refractivity contribution in [2.45, 2.75) is 13.3 Å². The van der Waals surface area contributed by atoms with Crippen molar-refractivity contribution in [3.05, 3.63) is 84.2 Å². The maximum Gasteiger partial charge on any atom is 0.319 e. The number of amides is 2. The van der Waals surface area contributed by atoms with Gasteiger partial charge in [-0.15, -0.1) is 0 Å². The van der Waals surface area contributed by atoms with Gasteiger partial charge in [-0.3, -0.25) is 4.98 Å². The van der Waals surface area contributed by atoms with Crippen LogP contribution in [0.3, 0.4) is 0 Å². The Hall–Kier alpha value is -3.34. The first-order valence-corrected chi connectivity index (χ1v) is 8.49. The smallest absolute Gasteiger partial charge is 0.319 e. The Morgan fingerprint density at radius 1 is 1.04 bits per heavy atom. The van der Waals surface area contributed by atoms with Gasteiger partial charge < -0.3 is 15.4 Å². The SMILES string of the molecule is Cc1cccc(Oc2ccccc2NC(=O)NCCc2ccccn2)c1. The lowest BCUT2D eigenvalue weighted by atomic mass is 10.2. The number of aromatic nitrogens is 1. The van der Waals surface area contributed by atoms with Gasteiger partial charge in [-0.1, -0.05) is 30.3 Å². The summed E-state index contributed by atoms with van der Waals surface area (Å²) >= 11 is 0. The number of benzene rings is 2. The number of carbonyl (C=O) groups is 1. The van der Waals surface area contributed by atoms with E-state index in [9.17, 15) is 4.79 Å². The summed E-state index contributed by atoms with van der Waals surface area (Å²) in [7, 11) is 0. The van der Waals surface area contributed by atoms with E-state index in [0.29, 0.717) is 24.4 Å². The molecule has 26 heavy (non-hydrogen) atoms. The van der Waals surface area contributed by atoms with E-state index in [1.54, 1.807) is 6.20 Å². The molecule has 5 heteroatoms. The molecule has 0 saturated heterocycles.